The normalized spacial score (nSPS) is 12.5. The van der Waals surface area contributed by atoms with Gasteiger partial charge in [0.2, 0.25) is 21.8 Å². The van der Waals surface area contributed by atoms with Crippen LogP contribution in [0.2, 0.25) is 10.0 Å². The zero-order chi connectivity index (χ0) is 30.4. The first-order valence-electron chi connectivity index (χ1n) is 13.3. The van der Waals surface area contributed by atoms with Gasteiger partial charge in [-0.15, -0.1) is 0 Å². The Morgan fingerprint density at radius 1 is 0.927 bits per heavy atom. The van der Waals surface area contributed by atoms with Gasteiger partial charge in [0.25, 0.3) is 0 Å². The van der Waals surface area contributed by atoms with Crippen LogP contribution in [0, 0.1) is 0 Å². The topological polar surface area (TPSA) is 86.8 Å². The summed E-state index contributed by atoms with van der Waals surface area (Å²) in [5, 5.41) is 3.76. The van der Waals surface area contributed by atoms with Gasteiger partial charge in [-0.25, -0.2) is 8.42 Å². The number of nitrogens with zero attached hydrogens (tertiary/aromatic N) is 2. The number of nitrogens with one attached hydrogen (secondary N) is 1. The number of sulfonamides is 1. The Labute approximate surface area is 253 Å². The van der Waals surface area contributed by atoms with Crippen molar-refractivity contribution in [2.24, 2.45) is 0 Å². The highest BCUT2D eigenvalue weighted by Crippen LogP contribution is 2.25. The van der Waals surface area contributed by atoms with E-state index in [-0.39, 0.29) is 18.9 Å². The van der Waals surface area contributed by atoms with Crippen molar-refractivity contribution in [2.75, 3.05) is 17.1 Å². The summed E-state index contributed by atoms with van der Waals surface area (Å²) in [6, 6.07) is 20.4. The SMILES string of the molecule is CCc1ccc(N(CC(=O)N(Cc2ccc(Cl)cc2Cl)[C@@H](Cc2ccccc2)C(=O)NC(C)(C)C)S(C)(=O)=O)cc1. The predicted octanol–water partition coefficient (Wildman–Crippen LogP) is 5.88. The lowest BCUT2D eigenvalue weighted by molar-refractivity contribution is -0.140. The number of hydrogen-bond acceptors (Lipinski definition) is 4. The molecular weight excluding hydrogens is 581 g/mol. The summed E-state index contributed by atoms with van der Waals surface area (Å²) < 4.78 is 26.9. The maximum Gasteiger partial charge on any atom is 0.244 e. The van der Waals surface area contributed by atoms with Gasteiger partial charge in [-0.05, 0) is 68.1 Å². The van der Waals surface area contributed by atoms with E-state index in [0.29, 0.717) is 21.3 Å². The van der Waals surface area contributed by atoms with Gasteiger partial charge in [-0.2, -0.15) is 0 Å². The first kappa shape index (κ1) is 32.4. The molecule has 1 N–H and O–H groups in total. The van der Waals surface area contributed by atoms with Gasteiger partial charge in [0, 0.05) is 28.5 Å². The Kier molecular flexibility index (Phi) is 10.9. The van der Waals surface area contributed by atoms with E-state index in [1.54, 1.807) is 30.3 Å². The van der Waals surface area contributed by atoms with Gasteiger partial charge in [0.1, 0.15) is 12.6 Å². The summed E-state index contributed by atoms with van der Waals surface area (Å²) >= 11 is 12.6. The molecule has 0 heterocycles. The summed E-state index contributed by atoms with van der Waals surface area (Å²) in [5.74, 6) is -0.913. The largest absolute Gasteiger partial charge is 0.350 e. The van der Waals surface area contributed by atoms with E-state index >= 15 is 0 Å². The van der Waals surface area contributed by atoms with Crippen molar-refractivity contribution in [3.8, 4) is 0 Å². The van der Waals surface area contributed by atoms with E-state index < -0.39 is 34.1 Å². The van der Waals surface area contributed by atoms with Crippen LogP contribution in [-0.2, 0) is 39.0 Å². The fraction of sp³-hybridized carbons (Fsp3) is 0.355. The minimum atomic E-state index is -3.84. The molecule has 0 aliphatic rings. The van der Waals surface area contributed by atoms with Crippen molar-refractivity contribution in [2.45, 2.75) is 58.7 Å². The molecule has 2 amide bonds. The van der Waals surface area contributed by atoms with Crippen LogP contribution in [0.25, 0.3) is 0 Å². The van der Waals surface area contributed by atoms with Crippen molar-refractivity contribution in [1.29, 1.82) is 0 Å². The maximum absolute atomic E-state index is 14.2. The molecular formula is C31H37Cl2N3O4S. The second-order valence-corrected chi connectivity index (χ2v) is 13.7. The van der Waals surface area contributed by atoms with E-state index in [1.165, 1.54) is 4.90 Å². The van der Waals surface area contributed by atoms with Crippen molar-refractivity contribution in [3.05, 3.63) is 99.5 Å². The van der Waals surface area contributed by atoms with E-state index in [2.05, 4.69) is 5.32 Å². The van der Waals surface area contributed by atoms with E-state index in [1.807, 2.05) is 70.2 Å². The van der Waals surface area contributed by atoms with E-state index in [9.17, 15) is 18.0 Å². The molecule has 1 atom stereocenters. The van der Waals surface area contributed by atoms with Crippen LogP contribution in [0.15, 0.2) is 72.8 Å². The number of amides is 2. The summed E-state index contributed by atoms with van der Waals surface area (Å²) in [5.41, 5.74) is 2.25. The summed E-state index contributed by atoms with van der Waals surface area (Å²) in [6.45, 7) is 7.05. The quantitative estimate of drug-likeness (QED) is 0.291. The summed E-state index contributed by atoms with van der Waals surface area (Å²) in [6.07, 6.45) is 2.06. The molecule has 3 rings (SSSR count). The van der Waals surface area contributed by atoms with Crippen LogP contribution in [0.1, 0.15) is 44.4 Å². The fourth-order valence-corrected chi connectivity index (χ4v) is 5.67. The Balaban J connectivity index is 2.09. The summed E-state index contributed by atoms with van der Waals surface area (Å²) in [4.78, 5) is 29.3. The van der Waals surface area contributed by atoms with E-state index in [0.717, 1.165) is 28.1 Å². The maximum atomic E-state index is 14.2. The number of carbonyl (C=O) groups is 2. The molecule has 3 aromatic rings. The number of aryl methyl sites for hydroxylation is 1. The van der Waals surface area contributed by atoms with Crippen molar-refractivity contribution in [3.63, 3.8) is 0 Å². The predicted molar refractivity (Wildman–Crippen MR) is 167 cm³/mol. The molecule has 0 radical (unpaired) electrons. The minimum Gasteiger partial charge on any atom is -0.350 e. The second kappa shape index (κ2) is 13.7. The van der Waals surface area contributed by atoms with Gasteiger partial charge < -0.3 is 10.2 Å². The first-order chi connectivity index (χ1) is 19.2. The molecule has 0 aliphatic carbocycles. The molecule has 0 bridgehead atoms. The average molecular weight is 619 g/mol. The lowest BCUT2D eigenvalue weighted by Gasteiger charge is -2.35. The molecule has 0 unspecified atom stereocenters. The molecule has 0 saturated heterocycles. The Morgan fingerprint density at radius 3 is 2.10 bits per heavy atom. The molecule has 3 aromatic carbocycles. The third kappa shape index (κ3) is 9.48. The van der Waals surface area contributed by atoms with Crippen LogP contribution < -0.4 is 9.62 Å². The lowest BCUT2D eigenvalue weighted by Crippen LogP contribution is -2.56. The van der Waals surface area contributed by atoms with Gasteiger partial charge in [0.15, 0.2) is 0 Å². The molecule has 41 heavy (non-hydrogen) atoms. The zero-order valence-corrected chi connectivity index (χ0v) is 26.4. The molecule has 7 nitrogen and oxygen atoms in total. The monoisotopic (exact) mass is 617 g/mol. The fourth-order valence-electron chi connectivity index (χ4n) is 4.35. The third-order valence-corrected chi connectivity index (χ3v) is 8.16. The molecule has 10 heteroatoms. The highest BCUT2D eigenvalue weighted by Gasteiger charge is 2.34. The number of benzene rings is 3. The van der Waals surface area contributed by atoms with Crippen LogP contribution in [0.4, 0.5) is 5.69 Å². The molecule has 220 valence electrons. The highest BCUT2D eigenvalue weighted by atomic mass is 35.5. The van der Waals surface area contributed by atoms with Crippen LogP contribution in [-0.4, -0.2) is 49.5 Å². The standard InChI is InChI=1S/C31H37Cl2N3O4S/c1-6-22-12-16-26(17-13-22)36(41(5,39)40)21-29(37)35(20-24-14-15-25(32)19-27(24)33)28(30(38)34-31(2,3)4)18-23-10-8-7-9-11-23/h7-17,19,28H,6,18,20-21H2,1-5H3,(H,34,38)/t28-/m0/s1. The Morgan fingerprint density at radius 2 is 1.56 bits per heavy atom. The number of hydrogen-bond donors (Lipinski definition) is 1. The van der Waals surface area contributed by atoms with Crippen LogP contribution in [0.5, 0.6) is 0 Å². The number of anilines is 1. The van der Waals surface area contributed by atoms with Crippen LogP contribution >= 0.6 is 23.2 Å². The Hall–Kier alpha value is -3.07. The molecule has 0 fully saturated rings. The molecule has 0 aliphatic heterocycles. The lowest BCUT2D eigenvalue weighted by atomic mass is 10.0. The van der Waals surface area contributed by atoms with Crippen molar-refractivity contribution in [1.82, 2.24) is 10.2 Å². The van der Waals surface area contributed by atoms with Crippen LogP contribution in [0.3, 0.4) is 0 Å². The van der Waals surface area contributed by atoms with Crippen molar-refractivity contribution >= 4 is 50.7 Å². The van der Waals surface area contributed by atoms with Crippen molar-refractivity contribution < 1.29 is 18.0 Å². The first-order valence-corrected chi connectivity index (χ1v) is 15.9. The summed E-state index contributed by atoms with van der Waals surface area (Å²) in [7, 11) is -3.84. The molecule has 0 aromatic heterocycles. The molecule has 0 saturated carbocycles. The van der Waals surface area contributed by atoms with Gasteiger partial charge >= 0.3 is 0 Å². The van der Waals surface area contributed by atoms with Gasteiger partial charge in [-0.1, -0.05) is 78.7 Å². The van der Waals surface area contributed by atoms with E-state index in [4.69, 9.17) is 23.2 Å². The average Bonchev–Trinajstić information content (AvgIpc) is 2.89. The highest BCUT2D eigenvalue weighted by molar-refractivity contribution is 7.92. The Bertz CT molecular complexity index is 1460. The number of rotatable bonds is 11. The zero-order valence-electron chi connectivity index (χ0n) is 24.0. The van der Waals surface area contributed by atoms with Gasteiger partial charge in [0.05, 0.1) is 11.9 Å². The minimum absolute atomic E-state index is 0.0315. The number of halogens is 2. The molecule has 0 spiro atoms. The third-order valence-electron chi connectivity index (χ3n) is 6.44. The smallest absolute Gasteiger partial charge is 0.244 e. The van der Waals surface area contributed by atoms with Gasteiger partial charge in [-0.3, -0.25) is 13.9 Å². The second-order valence-electron chi connectivity index (χ2n) is 11.0. The number of carbonyl (C=O) groups excluding carboxylic acids is 2.